The van der Waals surface area contributed by atoms with E-state index in [-0.39, 0.29) is 0 Å². The maximum Gasteiger partial charge on any atom is 0.355 e. The molecule has 0 saturated carbocycles. The standard InChI is InChI=1S/C15H15ClN2O3/c1-10(21-15(20)13-8-5-9-18(13)2)14(19)17-12-7-4-3-6-11(12)16/h3-10H,1-2H3,(H,17,19)/t10-/m0/s1. The van der Waals surface area contributed by atoms with Crippen molar-refractivity contribution in [3.8, 4) is 0 Å². The third-order valence-electron chi connectivity index (χ3n) is 2.94. The van der Waals surface area contributed by atoms with Crippen molar-refractivity contribution in [3.05, 3.63) is 53.3 Å². The number of carbonyl (C=O) groups is 2. The van der Waals surface area contributed by atoms with Gasteiger partial charge in [0.05, 0.1) is 10.7 Å². The molecule has 0 aliphatic rings. The first-order valence-electron chi connectivity index (χ1n) is 6.36. The van der Waals surface area contributed by atoms with Gasteiger partial charge in [-0.25, -0.2) is 4.79 Å². The van der Waals surface area contributed by atoms with Gasteiger partial charge in [-0.1, -0.05) is 23.7 Å². The fourth-order valence-electron chi connectivity index (χ4n) is 1.74. The Bertz CT molecular complexity index is 666. The molecule has 1 N–H and O–H groups in total. The number of carbonyl (C=O) groups excluding carboxylic acids is 2. The van der Waals surface area contributed by atoms with Crippen LogP contribution in [0.5, 0.6) is 0 Å². The fourth-order valence-corrected chi connectivity index (χ4v) is 1.93. The lowest BCUT2D eigenvalue weighted by atomic mass is 10.3. The van der Waals surface area contributed by atoms with E-state index in [2.05, 4.69) is 5.32 Å². The van der Waals surface area contributed by atoms with Crippen LogP contribution in [-0.2, 0) is 16.6 Å². The Labute approximate surface area is 127 Å². The van der Waals surface area contributed by atoms with Gasteiger partial charge in [-0.05, 0) is 31.2 Å². The Kier molecular flexibility index (Phi) is 4.65. The minimum Gasteiger partial charge on any atom is -0.448 e. The zero-order valence-electron chi connectivity index (χ0n) is 11.7. The Morgan fingerprint density at radius 3 is 2.57 bits per heavy atom. The van der Waals surface area contributed by atoms with Crippen LogP contribution in [0.4, 0.5) is 5.69 Å². The number of anilines is 1. The van der Waals surface area contributed by atoms with Crippen LogP contribution in [0.1, 0.15) is 17.4 Å². The molecule has 1 atom stereocenters. The van der Waals surface area contributed by atoms with Crippen LogP contribution < -0.4 is 5.32 Å². The SMILES string of the molecule is C[C@H](OC(=O)c1cccn1C)C(=O)Nc1ccccc1Cl. The highest BCUT2D eigenvalue weighted by molar-refractivity contribution is 6.33. The predicted molar refractivity (Wildman–Crippen MR) is 80.4 cm³/mol. The number of aromatic nitrogens is 1. The zero-order valence-corrected chi connectivity index (χ0v) is 12.4. The molecule has 0 aliphatic carbocycles. The van der Waals surface area contributed by atoms with Gasteiger partial charge in [0.25, 0.3) is 5.91 Å². The number of esters is 1. The molecule has 0 unspecified atom stereocenters. The summed E-state index contributed by atoms with van der Waals surface area (Å²) in [4.78, 5) is 23.9. The summed E-state index contributed by atoms with van der Waals surface area (Å²) in [5.41, 5.74) is 0.860. The number of para-hydroxylation sites is 1. The van der Waals surface area contributed by atoms with E-state index in [1.807, 2.05) is 0 Å². The van der Waals surface area contributed by atoms with E-state index in [9.17, 15) is 9.59 Å². The molecule has 1 amide bonds. The number of hydrogen-bond donors (Lipinski definition) is 1. The average Bonchev–Trinajstić information content (AvgIpc) is 2.87. The molecule has 0 aliphatic heterocycles. The van der Waals surface area contributed by atoms with Gasteiger partial charge < -0.3 is 14.6 Å². The number of rotatable bonds is 4. The number of nitrogens with one attached hydrogen (secondary N) is 1. The fraction of sp³-hybridized carbons (Fsp3) is 0.200. The summed E-state index contributed by atoms with van der Waals surface area (Å²) in [7, 11) is 1.73. The minimum absolute atomic E-state index is 0.382. The van der Waals surface area contributed by atoms with E-state index in [4.69, 9.17) is 16.3 Å². The molecule has 0 spiro atoms. The molecule has 0 bridgehead atoms. The Morgan fingerprint density at radius 1 is 1.24 bits per heavy atom. The van der Waals surface area contributed by atoms with Crippen LogP contribution in [0.15, 0.2) is 42.6 Å². The van der Waals surface area contributed by atoms with Crippen LogP contribution in [-0.4, -0.2) is 22.5 Å². The summed E-state index contributed by atoms with van der Waals surface area (Å²) in [6, 6.07) is 10.2. The second-order valence-electron chi connectivity index (χ2n) is 4.52. The molecule has 6 heteroatoms. The monoisotopic (exact) mass is 306 g/mol. The van der Waals surface area contributed by atoms with E-state index < -0.39 is 18.0 Å². The van der Waals surface area contributed by atoms with Crippen molar-refractivity contribution in [2.45, 2.75) is 13.0 Å². The second kappa shape index (κ2) is 6.45. The van der Waals surface area contributed by atoms with E-state index in [1.54, 1.807) is 54.2 Å². The van der Waals surface area contributed by atoms with Crippen LogP contribution in [0.25, 0.3) is 0 Å². The molecular formula is C15H15ClN2O3. The van der Waals surface area contributed by atoms with Crippen molar-refractivity contribution in [3.63, 3.8) is 0 Å². The molecule has 2 aromatic rings. The van der Waals surface area contributed by atoms with Gasteiger partial charge in [0, 0.05) is 13.2 Å². The maximum atomic E-state index is 12.0. The number of benzene rings is 1. The number of nitrogens with zero attached hydrogens (tertiary/aromatic N) is 1. The van der Waals surface area contributed by atoms with E-state index in [0.717, 1.165) is 0 Å². The summed E-state index contributed by atoms with van der Waals surface area (Å²) in [5.74, 6) is -0.991. The Hall–Kier alpha value is -2.27. The highest BCUT2D eigenvalue weighted by atomic mass is 35.5. The normalized spacial score (nSPS) is 11.8. The third kappa shape index (κ3) is 3.64. The van der Waals surface area contributed by atoms with Crippen LogP contribution in [0.2, 0.25) is 5.02 Å². The number of aryl methyl sites for hydroxylation is 1. The zero-order chi connectivity index (χ0) is 15.4. The molecule has 0 saturated heterocycles. The Balaban J connectivity index is 1.99. The van der Waals surface area contributed by atoms with Crippen molar-refractivity contribution in [2.75, 3.05) is 5.32 Å². The Morgan fingerprint density at radius 2 is 1.95 bits per heavy atom. The summed E-state index contributed by atoms with van der Waals surface area (Å²) in [5, 5.41) is 3.04. The van der Waals surface area contributed by atoms with Gasteiger partial charge in [-0.3, -0.25) is 4.79 Å². The van der Waals surface area contributed by atoms with E-state index >= 15 is 0 Å². The van der Waals surface area contributed by atoms with Crippen molar-refractivity contribution >= 4 is 29.2 Å². The molecule has 110 valence electrons. The van der Waals surface area contributed by atoms with Crippen LogP contribution in [0, 0.1) is 0 Å². The quantitative estimate of drug-likeness (QED) is 0.884. The summed E-state index contributed by atoms with van der Waals surface area (Å²) >= 11 is 5.95. The molecular weight excluding hydrogens is 292 g/mol. The molecule has 1 heterocycles. The van der Waals surface area contributed by atoms with Gasteiger partial charge in [-0.15, -0.1) is 0 Å². The predicted octanol–water partition coefficient (Wildman–Crippen LogP) is 2.86. The average molecular weight is 307 g/mol. The van der Waals surface area contributed by atoms with Gasteiger partial charge in [0.1, 0.15) is 5.69 Å². The molecule has 1 aromatic heterocycles. The molecule has 21 heavy (non-hydrogen) atoms. The lowest BCUT2D eigenvalue weighted by Crippen LogP contribution is -2.30. The molecule has 0 radical (unpaired) electrons. The van der Waals surface area contributed by atoms with Crippen LogP contribution in [0.3, 0.4) is 0 Å². The second-order valence-corrected chi connectivity index (χ2v) is 4.93. The molecule has 0 fully saturated rings. The number of halogens is 1. The van der Waals surface area contributed by atoms with Crippen molar-refractivity contribution in [2.24, 2.45) is 7.05 Å². The topological polar surface area (TPSA) is 60.3 Å². The maximum absolute atomic E-state index is 12.0. The van der Waals surface area contributed by atoms with Gasteiger partial charge in [0.15, 0.2) is 6.10 Å². The largest absolute Gasteiger partial charge is 0.448 e. The lowest BCUT2D eigenvalue weighted by molar-refractivity contribution is -0.123. The smallest absolute Gasteiger partial charge is 0.355 e. The van der Waals surface area contributed by atoms with Gasteiger partial charge in [0.2, 0.25) is 0 Å². The van der Waals surface area contributed by atoms with E-state index in [0.29, 0.717) is 16.4 Å². The number of ether oxygens (including phenoxy) is 1. The lowest BCUT2D eigenvalue weighted by Gasteiger charge is -2.14. The first kappa shape index (κ1) is 15.1. The van der Waals surface area contributed by atoms with Gasteiger partial charge in [-0.2, -0.15) is 0 Å². The highest BCUT2D eigenvalue weighted by Crippen LogP contribution is 2.20. The summed E-state index contributed by atoms with van der Waals surface area (Å²) in [6.45, 7) is 1.51. The third-order valence-corrected chi connectivity index (χ3v) is 3.27. The molecule has 2 rings (SSSR count). The number of hydrogen-bond acceptors (Lipinski definition) is 3. The van der Waals surface area contributed by atoms with Crippen LogP contribution >= 0.6 is 11.6 Å². The van der Waals surface area contributed by atoms with Crippen molar-refractivity contribution in [1.29, 1.82) is 0 Å². The highest BCUT2D eigenvalue weighted by Gasteiger charge is 2.20. The molecule has 5 nitrogen and oxygen atoms in total. The minimum atomic E-state index is -0.927. The van der Waals surface area contributed by atoms with E-state index in [1.165, 1.54) is 6.92 Å². The van der Waals surface area contributed by atoms with Crippen molar-refractivity contribution < 1.29 is 14.3 Å². The van der Waals surface area contributed by atoms with Crippen molar-refractivity contribution in [1.82, 2.24) is 4.57 Å². The first-order valence-corrected chi connectivity index (χ1v) is 6.74. The number of amides is 1. The van der Waals surface area contributed by atoms with Gasteiger partial charge >= 0.3 is 5.97 Å². The summed E-state index contributed by atoms with van der Waals surface area (Å²) < 4.78 is 6.76. The first-order chi connectivity index (χ1) is 9.99. The summed E-state index contributed by atoms with van der Waals surface area (Å²) in [6.07, 6.45) is 0.800. The molecule has 1 aromatic carbocycles.